The third-order valence-corrected chi connectivity index (χ3v) is 6.15. The van der Waals surface area contributed by atoms with Crippen molar-refractivity contribution in [3.05, 3.63) is 30.1 Å². The smallest absolute Gasteiger partial charge is 0.317 e. The number of ether oxygens (including phenoxy) is 1. The molecule has 0 radical (unpaired) electrons. The molecule has 2 amide bonds. The minimum absolute atomic E-state index is 0.0393. The van der Waals surface area contributed by atoms with Crippen LogP contribution in [0.2, 0.25) is 0 Å². The number of hydrogen-bond donors (Lipinski definition) is 1. The van der Waals surface area contributed by atoms with E-state index in [0.717, 1.165) is 51.4 Å². The van der Waals surface area contributed by atoms with E-state index in [-0.39, 0.29) is 17.5 Å². The van der Waals surface area contributed by atoms with Crippen molar-refractivity contribution in [1.82, 2.24) is 20.1 Å². The molecule has 2 aliphatic heterocycles. The van der Waals surface area contributed by atoms with Crippen LogP contribution in [0.5, 0.6) is 0 Å². The number of rotatable bonds is 3. The van der Waals surface area contributed by atoms with Gasteiger partial charge in [-0.15, -0.1) is 0 Å². The summed E-state index contributed by atoms with van der Waals surface area (Å²) in [6, 6.07) is 6.33. The number of piperazine rings is 1. The first-order valence-corrected chi connectivity index (χ1v) is 9.35. The Kier molecular flexibility index (Phi) is 4.41. The molecule has 2 saturated heterocycles. The number of hydrogen-bond acceptors (Lipinski definition) is 4. The van der Waals surface area contributed by atoms with Crippen molar-refractivity contribution < 1.29 is 9.53 Å². The van der Waals surface area contributed by atoms with Crippen LogP contribution in [-0.2, 0) is 11.3 Å². The summed E-state index contributed by atoms with van der Waals surface area (Å²) < 4.78 is 5.82. The summed E-state index contributed by atoms with van der Waals surface area (Å²) in [4.78, 5) is 21.4. The van der Waals surface area contributed by atoms with Crippen molar-refractivity contribution in [3.63, 3.8) is 0 Å². The molecule has 3 atom stereocenters. The average molecular weight is 344 g/mol. The highest BCUT2D eigenvalue weighted by atomic mass is 16.5. The minimum atomic E-state index is 0.0393. The first-order chi connectivity index (χ1) is 12.1. The van der Waals surface area contributed by atoms with Crippen LogP contribution < -0.4 is 5.32 Å². The second kappa shape index (κ2) is 6.57. The van der Waals surface area contributed by atoms with Gasteiger partial charge in [0.05, 0.1) is 11.8 Å². The Balaban J connectivity index is 1.27. The number of carbonyl (C=O) groups excluding carboxylic acids is 1. The average Bonchev–Trinajstić information content (AvgIpc) is 3.08. The molecular formula is C19H28N4O2. The molecule has 0 aromatic carbocycles. The van der Waals surface area contributed by atoms with Gasteiger partial charge in [0.25, 0.3) is 0 Å². The van der Waals surface area contributed by atoms with E-state index in [9.17, 15) is 4.79 Å². The highest BCUT2D eigenvalue weighted by Crippen LogP contribution is 2.52. The number of carbonyl (C=O) groups is 1. The van der Waals surface area contributed by atoms with Crippen molar-refractivity contribution >= 4 is 6.03 Å². The summed E-state index contributed by atoms with van der Waals surface area (Å²) >= 11 is 0. The van der Waals surface area contributed by atoms with Crippen LogP contribution >= 0.6 is 0 Å². The maximum absolute atomic E-state index is 12.7. The highest BCUT2D eigenvalue weighted by Gasteiger charge is 2.60. The Labute approximate surface area is 149 Å². The third-order valence-electron chi connectivity index (χ3n) is 6.15. The summed E-state index contributed by atoms with van der Waals surface area (Å²) in [5.41, 5.74) is 1.13. The van der Waals surface area contributed by atoms with Crippen LogP contribution in [0.25, 0.3) is 0 Å². The molecule has 25 heavy (non-hydrogen) atoms. The zero-order chi connectivity index (χ0) is 17.4. The molecule has 6 heteroatoms. The molecule has 3 fully saturated rings. The van der Waals surface area contributed by atoms with Gasteiger partial charge in [0.2, 0.25) is 0 Å². The summed E-state index contributed by atoms with van der Waals surface area (Å²) in [5.74, 6) is 0.490. The fourth-order valence-electron chi connectivity index (χ4n) is 4.67. The largest absolute Gasteiger partial charge is 0.377 e. The third kappa shape index (κ3) is 3.13. The molecule has 0 bridgehead atoms. The van der Waals surface area contributed by atoms with Crippen molar-refractivity contribution in [3.8, 4) is 0 Å². The van der Waals surface area contributed by atoms with Crippen molar-refractivity contribution in [1.29, 1.82) is 0 Å². The predicted octanol–water partition coefficient (Wildman–Crippen LogP) is 1.72. The van der Waals surface area contributed by atoms with Crippen LogP contribution in [0, 0.1) is 11.3 Å². The Bertz CT molecular complexity index is 613. The molecule has 1 N–H and O–H groups in total. The van der Waals surface area contributed by atoms with E-state index in [2.05, 4.69) is 35.1 Å². The van der Waals surface area contributed by atoms with Gasteiger partial charge in [0.15, 0.2) is 0 Å². The number of urea groups is 1. The summed E-state index contributed by atoms with van der Waals surface area (Å²) in [6.07, 6.45) is 3.21. The van der Waals surface area contributed by atoms with E-state index in [1.807, 2.05) is 23.2 Å². The molecule has 6 nitrogen and oxygen atoms in total. The predicted molar refractivity (Wildman–Crippen MR) is 95.0 cm³/mol. The second-order valence-electron chi connectivity index (χ2n) is 8.08. The first-order valence-electron chi connectivity index (χ1n) is 9.35. The van der Waals surface area contributed by atoms with E-state index in [1.165, 1.54) is 0 Å². The number of pyridine rings is 1. The van der Waals surface area contributed by atoms with Gasteiger partial charge < -0.3 is 15.0 Å². The van der Waals surface area contributed by atoms with Crippen molar-refractivity contribution in [2.24, 2.45) is 11.3 Å². The van der Waals surface area contributed by atoms with Crippen molar-refractivity contribution in [2.45, 2.75) is 39.0 Å². The monoisotopic (exact) mass is 344 g/mol. The van der Waals surface area contributed by atoms with Crippen molar-refractivity contribution in [2.75, 3.05) is 32.8 Å². The quantitative estimate of drug-likeness (QED) is 0.907. The van der Waals surface area contributed by atoms with E-state index in [0.29, 0.717) is 12.0 Å². The standard InChI is InChI=1S/C19H28N4O2/c1-19(2)16(15-6-12-25-17(15)19)21-18(24)23-10-8-22(9-11-23)13-14-5-3-4-7-20-14/h3-5,7,15-17H,6,8-13H2,1-2H3,(H,21,24)/t15-,16+,17+/m0/s1. The normalized spacial score (nSPS) is 31.3. The molecular weight excluding hydrogens is 316 g/mol. The first kappa shape index (κ1) is 16.8. The van der Waals surface area contributed by atoms with Gasteiger partial charge in [-0.25, -0.2) is 4.79 Å². The van der Waals surface area contributed by atoms with Crippen LogP contribution in [0.3, 0.4) is 0 Å². The number of aromatic nitrogens is 1. The van der Waals surface area contributed by atoms with E-state index in [4.69, 9.17) is 4.74 Å². The van der Waals surface area contributed by atoms with Gasteiger partial charge in [-0.05, 0) is 18.6 Å². The maximum atomic E-state index is 12.7. The maximum Gasteiger partial charge on any atom is 0.317 e. The summed E-state index contributed by atoms with van der Waals surface area (Å²) in [5, 5.41) is 3.29. The molecule has 136 valence electrons. The Hall–Kier alpha value is -1.66. The van der Waals surface area contributed by atoms with Gasteiger partial charge in [0.1, 0.15) is 0 Å². The van der Waals surface area contributed by atoms with E-state index < -0.39 is 0 Å². The Morgan fingerprint density at radius 2 is 2.12 bits per heavy atom. The van der Waals surface area contributed by atoms with Gasteiger partial charge in [-0.1, -0.05) is 19.9 Å². The van der Waals surface area contributed by atoms with Gasteiger partial charge >= 0.3 is 6.03 Å². The van der Waals surface area contributed by atoms with E-state index in [1.54, 1.807) is 0 Å². The molecule has 3 aliphatic rings. The summed E-state index contributed by atoms with van der Waals surface area (Å²) in [6.45, 7) is 9.43. The number of amides is 2. The van der Waals surface area contributed by atoms with Gasteiger partial charge in [-0.3, -0.25) is 9.88 Å². The zero-order valence-corrected chi connectivity index (χ0v) is 15.1. The molecule has 1 saturated carbocycles. The van der Waals surface area contributed by atoms with Gasteiger partial charge in [0, 0.05) is 62.9 Å². The molecule has 0 spiro atoms. The van der Waals surface area contributed by atoms with Crippen LogP contribution in [0.1, 0.15) is 26.0 Å². The molecule has 1 aromatic rings. The second-order valence-corrected chi connectivity index (χ2v) is 8.08. The van der Waals surface area contributed by atoms with Crippen LogP contribution in [0.15, 0.2) is 24.4 Å². The SMILES string of the molecule is CC1(C)[C@H](NC(=O)N2CCN(Cc3ccccn3)CC2)[C@@H]2CCO[C@H]21. The Morgan fingerprint density at radius 1 is 1.32 bits per heavy atom. The fourth-order valence-corrected chi connectivity index (χ4v) is 4.67. The lowest BCUT2D eigenvalue weighted by Crippen LogP contribution is -2.68. The lowest BCUT2D eigenvalue weighted by atomic mass is 9.57. The summed E-state index contributed by atoms with van der Waals surface area (Å²) in [7, 11) is 0. The molecule has 3 heterocycles. The molecule has 0 unspecified atom stereocenters. The zero-order valence-electron chi connectivity index (χ0n) is 15.1. The minimum Gasteiger partial charge on any atom is -0.377 e. The van der Waals surface area contributed by atoms with Gasteiger partial charge in [-0.2, -0.15) is 0 Å². The lowest BCUT2D eigenvalue weighted by molar-refractivity contribution is -0.109. The van der Waals surface area contributed by atoms with Crippen LogP contribution in [0.4, 0.5) is 4.79 Å². The molecule has 1 aromatic heterocycles. The molecule has 1 aliphatic carbocycles. The number of fused-ring (bicyclic) bond motifs is 1. The van der Waals surface area contributed by atoms with Crippen LogP contribution in [-0.4, -0.2) is 65.7 Å². The molecule has 4 rings (SSSR count). The topological polar surface area (TPSA) is 57.7 Å². The Morgan fingerprint density at radius 3 is 2.84 bits per heavy atom. The fraction of sp³-hybridized carbons (Fsp3) is 0.684. The number of nitrogens with zero attached hydrogens (tertiary/aromatic N) is 3. The lowest BCUT2D eigenvalue weighted by Gasteiger charge is -2.55. The van der Waals surface area contributed by atoms with E-state index >= 15 is 0 Å². The number of nitrogens with one attached hydrogen (secondary N) is 1. The highest BCUT2D eigenvalue weighted by molar-refractivity contribution is 5.75.